The van der Waals surface area contributed by atoms with E-state index in [2.05, 4.69) is 26.6 Å². The van der Waals surface area contributed by atoms with Gasteiger partial charge in [0.2, 0.25) is 5.91 Å². The molecule has 4 heteroatoms. The summed E-state index contributed by atoms with van der Waals surface area (Å²) in [6.45, 7) is 5.68. The Morgan fingerprint density at radius 1 is 1.38 bits per heavy atom. The molecule has 0 saturated carbocycles. The van der Waals surface area contributed by atoms with Crippen LogP contribution < -0.4 is 10.6 Å². The van der Waals surface area contributed by atoms with E-state index in [1.54, 1.807) is 7.05 Å². The second-order valence-electron chi connectivity index (χ2n) is 4.31. The van der Waals surface area contributed by atoms with Gasteiger partial charge in [-0.3, -0.25) is 4.79 Å². The van der Waals surface area contributed by atoms with E-state index in [-0.39, 0.29) is 5.91 Å². The van der Waals surface area contributed by atoms with Crippen LogP contribution in [0.4, 0.5) is 5.69 Å². The zero-order valence-electron chi connectivity index (χ0n) is 10.0. The van der Waals surface area contributed by atoms with Gasteiger partial charge in [0.15, 0.2) is 0 Å². The number of hydrogen-bond donors (Lipinski definition) is 2. The molecule has 1 amide bonds. The Balaban J connectivity index is 2.85. The normalized spacial score (nSPS) is 11.3. The number of rotatable bonds is 3. The quantitative estimate of drug-likeness (QED) is 0.896. The first-order valence-corrected chi connectivity index (χ1v) is 5.92. The summed E-state index contributed by atoms with van der Waals surface area (Å²) in [5.41, 5.74) is 1.36. The van der Waals surface area contributed by atoms with Crippen LogP contribution in [0.25, 0.3) is 0 Å². The molecule has 0 unspecified atom stereocenters. The molecule has 0 spiro atoms. The summed E-state index contributed by atoms with van der Waals surface area (Å²) < 4.78 is 0.896. The van der Waals surface area contributed by atoms with E-state index in [0.717, 1.165) is 15.7 Å². The smallest absolute Gasteiger partial charge is 0.244 e. The molecule has 16 heavy (non-hydrogen) atoms. The number of aryl methyl sites for hydroxylation is 1. The van der Waals surface area contributed by atoms with E-state index >= 15 is 0 Å². The number of hydrogen-bond acceptors (Lipinski definition) is 2. The Hall–Kier alpha value is -0.870. The predicted octanol–water partition coefficient (Wildman–Crippen LogP) is 2.69. The van der Waals surface area contributed by atoms with Crippen molar-refractivity contribution < 1.29 is 4.79 Å². The maximum atomic E-state index is 11.9. The molecule has 0 aromatic heterocycles. The largest absolute Gasteiger partial charge is 0.323 e. The molecule has 0 heterocycles. The fourth-order valence-electron chi connectivity index (χ4n) is 1.11. The summed E-state index contributed by atoms with van der Waals surface area (Å²) in [5.74, 6) is -0.0560. The first kappa shape index (κ1) is 13.2. The minimum atomic E-state index is -0.579. The monoisotopic (exact) mass is 284 g/mol. The van der Waals surface area contributed by atoms with Gasteiger partial charge in [-0.1, -0.05) is 6.07 Å². The van der Waals surface area contributed by atoms with E-state index in [9.17, 15) is 4.79 Å². The van der Waals surface area contributed by atoms with Crippen molar-refractivity contribution in [2.45, 2.75) is 26.3 Å². The molecular weight excluding hydrogens is 268 g/mol. The van der Waals surface area contributed by atoms with Crippen molar-refractivity contribution in [1.82, 2.24) is 5.32 Å². The topological polar surface area (TPSA) is 41.1 Å². The van der Waals surface area contributed by atoms with E-state index in [1.165, 1.54) is 0 Å². The summed E-state index contributed by atoms with van der Waals surface area (Å²) in [4.78, 5) is 11.9. The number of benzene rings is 1. The molecule has 0 saturated heterocycles. The van der Waals surface area contributed by atoms with Gasteiger partial charge in [0.1, 0.15) is 0 Å². The molecule has 1 rings (SSSR count). The number of anilines is 1. The highest BCUT2D eigenvalue weighted by molar-refractivity contribution is 9.10. The zero-order chi connectivity index (χ0) is 12.3. The van der Waals surface area contributed by atoms with Crippen LogP contribution in [0.1, 0.15) is 19.4 Å². The molecule has 1 aromatic rings. The molecule has 88 valence electrons. The molecule has 1 aromatic carbocycles. The number of amides is 1. The van der Waals surface area contributed by atoms with Gasteiger partial charge in [0, 0.05) is 4.47 Å². The average molecular weight is 285 g/mol. The van der Waals surface area contributed by atoms with Crippen LogP contribution in [0.3, 0.4) is 0 Å². The number of halogens is 1. The maximum Gasteiger partial charge on any atom is 0.244 e. The van der Waals surface area contributed by atoms with Gasteiger partial charge in [-0.05, 0) is 61.4 Å². The van der Waals surface area contributed by atoms with Crippen LogP contribution >= 0.6 is 15.9 Å². The van der Waals surface area contributed by atoms with Crippen LogP contribution in [0.2, 0.25) is 0 Å². The summed E-state index contributed by atoms with van der Waals surface area (Å²) in [5, 5.41) is 5.85. The third kappa shape index (κ3) is 3.06. The van der Waals surface area contributed by atoms with Crippen molar-refractivity contribution in [3.05, 3.63) is 28.2 Å². The minimum Gasteiger partial charge on any atom is -0.323 e. The Labute approximate surface area is 105 Å². The van der Waals surface area contributed by atoms with Gasteiger partial charge in [0.05, 0.1) is 11.2 Å². The van der Waals surface area contributed by atoms with Crippen molar-refractivity contribution in [1.29, 1.82) is 0 Å². The molecule has 0 aliphatic heterocycles. The van der Waals surface area contributed by atoms with Crippen LogP contribution in [0.5, 0.6) is 0 Å². The molecule has 3 nitrogen and oxygen atoms in total. The number of nitrogens with one attached hydrogen (secondary N) is 2. The highest BCUT2D eigenvalue weighted by atomic mass is 79.9. The number of likely N-dealkylation sites (N-methyl/N-ethyl adjacent to an activating group) is 1. The van der Waals surface area contributed by atoms with Gasteiger partial charge in [0.25, 0.3) is 0 Å². The molecule has 0 radical (unpaired) electrons. The first-order valence-electron chi connectivity index (χ1n) is 5.13. The van der Waals surface area contributed by atoms with E-state index in [4.69, 9.17) is 0 Å². The highest BCUT2D eigenvalue weighted by Gasteiger charge is 2.25. The Morgan fingerprint density at radius 3 is 2.50 bits per heavy atom. The molecule has 0 aliphatic rings. The summed E-state index contributed by atoms with van der Waals surface area (Å²) in [7, 11) is 1.77. The van der Waals surface area contributed by atoms with Crippen molar-refractivity contribution in [3.8, 4) is 0 Å². The average Bonchev–Trinajstić information content (AvgIpc) is 2.22. The predicted molar refractivity (Wildman–Crippen MR) is 70.6 cm³/mol. The number of carbonyl (C=O) groups excluding carboxylic acids is 1. The number of carbonyl (C=O) groups is 1. The lowest BCUT2D eigenvalue weighted by Gasteiger charge is -2.23. The van der Waals surface area contributed by atoms with E-state index < -0.39 is 5.54 Å². The maximum absolute atomic E-state index is 11.9. The standard InChI is InChI=1S/C12H17BrN2O/c1-8-5-6-10(9(13)7-8)15-11(16)12(2,3)14-4/h5-7,14H,1-4H3,(H,15,16). The third-order valence-corrected chi connectivity index (χ3v) is 3.22. The Morgan fingerprint density at radius 2 is 2.00 bits per heavy atom. The van der Waals surface area contributed by atoms with Gasteiger partial charge < -0.3 is 10.6 Å². The second-order valence-corrected chi connectivity index (χ2v) is 5.17. The fraction of sp³-hybridized carbons (Fsp3) is 0.417. The highest BCUT2D eigenvalue weighted by Crippen LogP contribution is 2.24. The van der Waals surface area contributed by atoms with E-state index in [0.29, 0.717) is 0 Å². The van der Waals surface area contributed by atoms with E-state index in [1.807, 2.05) is 39.0 Å². The van der Waals surface area contributed by atoms with Crippen LogP contribution in [0, 0.1) is 6.92 Å². The van der Waals surface area contributed by atoms with Gasteiger partial charge in [-0.15, -0.1) is 0 Å². The molecule has 2 N–H and O–H groups in total. The summed E-state index contributed by atoms with van der Waals surface area (Å²) in [6, 6.07) is 5.83. The lowest BCUT2D eigenvalue weighted by atomic mass is 10.1. The second kappa shape index (κ2) is 4.97. The van der Waals surface area contributed by atoms with Gasteiger partial charge in [-0.2, -0.15) is 0 Å². The molecule has 0 atom stereocenters. The van der Waals surface area contributed by atoms with Gasteiger partial charge in [-0.25, -0.2) is 0 Å². The van der Waals surface area contributed by atoms with Crippen LogP contribution in [-0.4, -0.2) is 18.5 Å². The van der Waals surface area contributed by atoms with Crippen molar-refractivity contribution >= 4 is 27.5 Å². The van der Waals surface area contributed by atoms with Crippen molar-refractivity contribution in [2.24, 2.45) is 0 Å². The first-order chi connectivity index (χ1) is 7.36. The van der Waals surface area contributed by atoms with Crippen LogP contribution in [-0.2, 0) is 4.79 Å². The minimum absolute atomic E-state index is 0.0560. The Kier molecular flexibility index (Phi) is 4.10. The van der Waals surface area contributed by atoms with Crippen molar-refractivity contribution in [2.75, 3.05) is 12.4 Å². The Bertz CT molecular complexity index is 402. The van der Waals surface area contributed by atoms with Crippen molar-refractivity contribution in [3.63, 3.8) is 0 Å². The third-order valence-electron chi connectivity index (χ3n) is 2.57. The van der Waals surface area contributed by atoms with Gasteiger partial charge >= 0.3 is 0 Å². The molecule has 0 aliphatic carbocycles. The lowest BCUT2D eigenvalue weighted by Crippen LogP contribution is -2.47. The molecule has 0 fully saturated rings. The fourth-order valence-corrected chi connectivity index (χ4v) is 1.71. The molecular formula is C12H17BrN2O. The summed E-state index contributed by atoms with van der Waals surface area (Å²) >= 11 is 3.43. The summed E-state index contributed by atoms with van der Waals surface area (Å²) in [6.07, 6.45) is 0. The molecule has 0 bridgehead atoms. The van der Waals surface area contributed by atoms with Crippen LogP contribution in [0.15, 0.2) is 22.7 Å². The lowest BCUT2D eigenvalue weighted by molar-refractivity contribution is -0.121. The zero-order valence-corrected chi connectivity index (χ0v) is 11.6. The SMILES string of the molecule is CNC(C)(C)C(=O)Nc1ccc(C)cc1Br.